The highest BCUT2D eigenvalue weighted by molar-refractivity contribution is 7.89. The van der Waals surface area contributed by atoms with Crippen molar-refractivity contribution in [3.63, 3.8) is 0 Å². The first kappa shape index (κ1) is 12.8. The number of carbonyl (C=O) groups excluding carboxylic acids is 1. The number of rotatable bonds is 3. The zero-order valence-electron chi connectivity index (χ0n) is 9.92. The third-order valence-corrected chi connectivity index (χ3v) is 3.58. The zero-order valence-corrected chi connectivity index (χ0v) is 10.7. The molecule has 7 heteroatoms. The van der Waals surface area contributed by atoms with Gasteiger partial charge in [0.05, 0.1) is 0 Å². The maximum absolute atomic E-state index is 11.8. The summed E-state index contributed by atoms with van der Waals surface area (Å²) in [7, 11) is -3.89. The first-order valence-electron chi connectivity index (χ1n) is 5.54. The molecule has 98 valence electrons. The Kier molecular flexibility index (Phi) is 3.27. The monoisotopic (exact) mass is 270 g/mol. The second-order valence-corrected chi connectivity index (χ2v) is 5.51. The number of nitrogens with two attached hydrogens (primary N) is 1. The van der Waals surface area contributed by atoms with E-state index in [1.807, 2.05) is 6.92 Å². The number of nitrogens with zero attached hydrogens (tertiary/aromatic N) is 1. The van der Waals surface area contributed by atoms with Crippen molar-refractivity contribution in [1.82, 2.24) is 0 Å². The fraction of sp³-hybridized carbons (Fsp3) is 0.364. The van der Waals surface area contributed by atoms with E-state index in [2.05, 4.69) is 0 Å². The second kappa shape index (κ2) is 4.58. The largest absolute Gasteiger partial charge is 0.482 e. The lowest BCUT2D eigenvalue weighted by Crippen LogP contribution is -2.40. The van der Waals surface area contributed by atoms with Gasteiger partial charge in [0.15, 0.2) is 6.61 Å². The van der Waals surface area contributed by atoms with Crippen LogP contribution in [0.15, 0.2) is 23.1 Å². The number of ether oxygens (including phenoxy) is 1. The van der Waals surface area contributed by atoms with E-state index in [4.69, 9.17) is 9.88 Å². The lowest BCUT2D eigenvalue weighted by atomic mass is 10.2. The minimum atomic E-state index is -3.89. The van der Waals surface area contributed by atoms with Crippen LogP contribution >= 0.6 is 0 Å². The van der Waals surface area contributed by atoms with Crippen LogP contribution in [-0.2, 0) is 14.8 Å². The summed E-state index contributed by atoms with van der Waals surface area (Å²) in [5.41, 5.74) is 0.248. The number of primary sulfonamides is 1. The SMILES string of the molecule is CCCN1C(=O)COc2cccc(S(N)(=O)=O)c21. The quantitative estimate of drug-likeness (QED) is 0.864. The molecule has 0 aromatic heterocycles. The summed E-state index contributed by atoms with van der Waals surface area (Å²) >= 11 is 0. The summed E-state index contributed by atoms with van der Waals surface area (Å²) in [4.78, 5) is 13.1. The normalized spacial score (nSPS) is 15.2. The number of hydrogen-bond donors (Lipinski definition) is 1. The molecule has 1 aliphatic rings. The molecule has 0 saturated heterocycles. The molecular weight excluding hydrogens is 256 g/mol. The Bertz CT molecular complexity index is 583. The van der Waals surface area contributed by atoms with Crippen molar-refractivity contribution in [3.05, 3.63) is 18.2 Å². The van der Waals surface area contributed by atoms with Gasteiger partial charge in [0.25, 0.3) is 5.91 Å². The summed E-state index contributed by atoms with van der Waals surface area (Å²) in [6, 6.07) is 4.54. The molecule has 0 unspecified atom stereocenters. The molecule has 0 spiro atoms. The topological polar surface area (TPSA) is 89.7 Å². The Morgan fingerprint density at radius 1 is 1.44 bits per heavy atom. The third kappa shape index (κ3) is 2.19. The number of amides is 1. The number of carbonyl (C=O) groups is 1. The molecule has 0 saturated carbocycles. The molecule has 6 nitrogen and oxygen atoms in total. The van der Waals surface area contributed by atoms with E-state index >= 15 is 0 Å². The number of fused-ring (bicyclic) bond motifs is 1. The molecule has 0 radical (unpaired) electrons. The first-order chi connectivity index (χ1) is 8.45. The molecular formula is C11H14N2O4S. The van der Waals surface area contributed by atoms with Gasteiger partial charge in [-0.05, 0) is 18.6 Å². The fourth-order valence-electron chi connectivity index (χ4n) is 1.92. The molecule has 1 aromatic rings. The van der Waals surface area contributed by atoms with E-state index in [0.717, 1.165) is 0 Å². The van der Waals surface area contributed by atoms with Gasteiger partial charge in [0.1, 0.15) is 16.3 Å². The smallest absolute Gasteiger partial charge is 0.265 e. The summed E-state index contributed by atoms with van der Waals surface area (Å²) < 4.78 is 28.3. The van der Waals surface area contributed by atoms with E-state index in [1.54, 1.807) is 12.1 Å². The van der Waals surface area contributed by atoms with E-state index in [-0.39, 0.29) is 23.1 Å². The predicted octanol–water partition coefficient (Wildman–Crippen LogP) is 0.469. The van der Waals surface area contributed by atoms with Crippen LogP contribution in [0, 0.1) is 0 Å². The molecule has 0 atom stereocenters. The van der Waals surface area contributed by atoms with Crippen molar-refractivity contribution in [2.45, 2.75) is 18.2 Å². The molecule has 0 aliphatic carbocycles. The van der Waals surface area contributed by atoms with Crippen molar-refractivity contribution in [2.75, 3.05) is 18.1 Å². The zero-order chi connectivity index (χ0) is 13.3. The van der Waals surface area contributed by atoms with Crippen LogP contribution in [0.2, 0.25) is 0 Å². The van der Waals surface area contributed by atoms with E-state index in [1.165, 1.54) is 11.0 Å². The maximum Gasteiger partial charge on any atom is 0.265 e. The molecule has 0 bridgehead atoms. The lowest BCUT2D eigenvalue weighted by Gasteiger charge is -2.30. The Morgan fingerprint density at radius 2 is 2.17 bits per heavy atom. The van der Waals surface area contributed by atoms with Gasteiger partial charge in [-0.3, -0.25) is 4.79 Å². The molecule has 2 rings (SSSR count). The molecule has 2 N–H and O–H groups in total. The average Bonchev–Trinajstić information content (AvgIpc) is 2.31. The lowest BCUT2D eigenvalue weighted by molar-refractivity contribution is -0.121. The van der Waals surface area contributed by atoms with Crippen LogP contribution in [0.5, 0.6) is 5.75 Å². The number of anilines is 1. The van der Waals surface area contributed by atoms with Gasteiger partial charge in [0, 0.05) is 6.54 Å². The number of para-hydroxylation sites is 1. The number of hydrogen-bond acceptors (Lipinski definition) is 4. The third-order valence-electron chi connectivity index (χ3n) is 2.64. The van der Waals surface area contributed by atoms with Crippen molar-refractivity contribution in [1.29, 1.82) is 0 Å². The number of sulfonamides is 1. The number of benzene rings is 1. The minimum absolute atomic E-state index is 0.0819. The van der Waals surface area contributed by atoms with Gasteiger partial charge in [0.2, 0.25) is 10.0 Å². The minimum Gasteiger partial charge on any atom is -0.482 e. The highest BCUT2D eigenvalue weighted by Gasteiger charge is 2.30. The van der Waals surface area contributed by atoms with Crippen molar-refractivity contribution in [2.24, 2.45) is 5.14 Å². The van der Waals surface area contributed by atoms with Crippen LogP contribution in [0.3, 0.4) is 0 Å². The van der Waals surface area contributed by atoms with Crippen LogP contribution in [0.4, 0.5) is 5.69 Å². The van der Waals surface area contributed by atoms with Crippen molar-refractivity contribution >= 4 is 21.6 Å². The first-order valence-corrected chi connectivity index (χ1v) is 7.08. The molecule has 1 heterocycles. The van der Waals surface area contributed by atoms with Crippen LogP contribution in [0.1, 0.15) is 13.3 Å². The summed E-state index contributed by atoms with van der Waals surface area (Å²) in [5, 5.41) is 5.16. The highest BCUT2D eigenvalue weighted by atomic mass is 32.2. The van der Waals surface area contributed by atoms with E-state index in [9.17, 15) is 13.2 Å². The van der Waals surface area contributed by atoms with Gasteiger partial charge < -0.3 is 9.64 Å². The van der Waals surface area contributed by atoms with Crippen molar-refractivity contribution < 1.29 is 17.9 Å². The predicted molar refractivity (Wildman–Crippen MR) is 66.0 cm³/mol. The Morgan fingerprint density at radius 3 is 2.78 bits per heavy atom. The van der Waals surface area contributed by atoms with Gasteiger partial charge in [-0.25, -0.2) is 13.6 Å². The van der Waals surface area contributed by atoms with Crippen molar-refractivity contribution in [3.8, 4) is 5.75 Å². The Hall–Kier alpha value is -1.60. The maximum atomic E-state index is 11.8. The Labute approximate surface area is 105 Å². The van der Waals surface area contributed by atoms with Crippen LogP contribution in [-0.4, -0.2) is 27.5 Å². The summed E-state index contributed by atoms with van der Waals surface area (Å²) in [5.74, 6) is 0.107. The van der Waals surface area contributed by atoms with Gasteiger partial charge in [-0.2, -0.15) is 0 Å². The second-order valence-electron chi connectivity index (χ2n) is 3.98. The van der Waals surface area contributed by atoms with Gasteiger partial charge >= 0.3 is 0 Å². The highest BCUT2D eigenvalue weighted by Crippen LogP contribution is 2.37. The molecule has 1 amide bonds. The van der Waals surface area contributed by atoms with E-state index in [0.29, 0.717) is 18.7 Å². The molecule has 1 aliphatic heterocycles. The fourth-order valence-corrected chi connectivity index (χ4v) is 2.67. The van der Waals surface area contributed by atoms with Gasteiger partial charge in [-0.15, -0.1) is 0 Å². The summed E-state index contributed by atoms with van der Waals surface area (Å²) in [6.45, 7) is 2.25. The molecule has 18 heavy (non-hydrogen) atoms. The molecule has 0 fully saturated rings. The Balaban J connectivity index is 2.64. The van der Waals surface area contributed by atoms with E-state index < -0.39 is 10.0 Å². The summed E-state index contributed by atoms with van der Waals surface area (Å²) in [6.07, 6.45) is 0.712. The standard InChI is InChI=1S/C11H14N2O4S/c1-2-6-13-10(14)7-17-8-4-3-5-9(11(8)13)18(12,15)16/h3-5H,2,6-7H2,1H3,(H2,12,15,16). The average molecular weight is 270 g/mol. The van der Waals surface area contributed by atoms with Crippen LogP contribution in [0.25, 0.3) is 0 Å². The van der Waals surface area contributed by atoms with Gasteiger partial charge in [-0.1, -0.05) is 13.0 Å². The van der Waals surface area contributed by atoms with Crippen LogP contribution < -0.4 is 14.8 Å². The molecule has 1 aromatic carbocycles.